The van der Waals surface area contributed by atoms with E-state index in [-0.39, 0.29) is 0 Å². The van der Waals surface area contributed by atoms with Crippen molar-refractivity contribution in [3.05, 3.63) is 66.2 Å². The smallest absolute Gasteiger partial charge is 0.243 e. The number of oxazole rings is 1. The summed E-state index contributed by atoms with van der Waals surface area (Å²) >= 11 is 0. The summed E-state index contributed by atoms with van der Waals surface area (Å²) in [6, 6.07) is 14.9. The molecule has 170 valence electrons. The Morgan fingerprint density at radius 2 is 1.66 bits per heavy atom. The third-order valence-electron chi connectivity index (χ3n) is 5.80. The fraction of sp³-hybridized carbons (Fsp3) is 0.375. The Hall–Kier alpha value is -2.68. The van der Waals surface area contributed by atoms with Gasteiger partial charge in [0.15, 0.2) is 5.76 Å². The molecule has 2 heterocycles. The van der Waals surface area contributed by atoms with E-state index in [1.807, 2.05) is 36.4 Å². The van der Waals surface area contributed by atoms with Crippen LogP contribution in [0.3, 0.4) is 0 Å². The van der Waals surface area contributed by atoms with E-state index in [0.717, 1.165) is 16.9 Å². The predicted molar refractivity (Wildman–Crippen MR) is 123 cm³/mol. The number of nitrogens with zero attached hydrogens (tertiary/aromatic N) is 3. The monoisotopic (exact) mass is 455 g/mol. The van der Waals surface area contributed by atoms with Crippen molar-refractivity contribution in [2.24, 2.45) is 0 Å². The fourth-order valence-electron chi connectivity index (χ4n) is 3.77. The molecule has 0 atom stereocenters. The van der Waals surface area contributed by atoms with Gasteiger partial charge in [-0.15, -0.1) is 0 Å². The quantitative estimate of drug-likeness (QED) is 0.536. The second kappa shape index (κ2) is 9.44. The van der Waals surface area contributed by atoms with Crippen molar-refractivity contribution in [1.82, 2.24) is 14.2 Å². The summed E-state index contributed by atoms with van der Waals surface area (Å²) in [7, 11) is -1.85. The summed E-state index contributed by atoms with van der Waals surface area (Å²) in [5.74, 6) is 2.48. The third-order valence-corrected chi connectivity index (χ3v) is 7.72. The molecule has 0 bridgehead atoms. The Bertz CT molecular complexity index is 1130. The van der Waals surface area contributed by atoms with E-state index in [4.69, 9.17) is 9.15 Å². The van der Waals surface area contributed by atoms with Crippen molar-refractivity contribution in [3.8, 4) is 17.1 Å². The zero-order valence-corrected chi connectivity index (χ0v) is 19.5. The lowest BCUT2D eigenvalue weighted by molar-refractivity contribution is 0.168. The van der Waals surface area contributed by atoms with Crippen LogP contribution in [0, 0.1) is 0 Å². The molecule has 3 aromatic rings. The second-order valence-electron chi connectivity index (χ2n) is 8.25. The van der Waals surface area contributed by atoms with Gasteiger partial charge in [-0.05, 0) is 47.9 Å². The zero-order chi connectivity index (χ0) is 22.7. The van der Waals surface area contributed by atoms with Crippen molar-refractivity contribution < 1.29 is 17.6 Å². The van der Waals surface area contributed by atoms with E-state index in [9.17, 15) is 8.42 Å². The highest BCUT2D eigenvalue weighted by Crippen LogP contribution is 2.25. The van der Waals surface area contributed by atoms with Crippen molar-refractivity contribution >= 4 is 10.0 Å². The maximum atomic E-state index is 13.0. The van der Waals surface area contributed by atoms with E-state index in [1.165, 1.54) is 0 Å². The molecule has 32 heavy (non-hydrogen) atoms. The molecule has 4 rings (SSSR count). The van der Waals surface area contributed by atoms with Gasteiger partial charge in [-0.1, -0.05) is 26.0 Å². The Labute approximate surface area is 189 Å². The molecule has 1 fully saturated rings. The van der Waals surface area contributed by atoms with Crippen molar-refractivity contribution in [3.63, 3.8) is 0 Å². The first-order valence-electron chi connectivity index (χ1n) is 10.8. The van der Waals surface area contributed by atoms with Crippen LogP contribution < -0.4 is 4.74 Å². The van der Waals surface area contributed by atoms with Crippen LogP contribution in [0.15, 0.2) is 64.0 Å². The molecule has 0 amide bonds. The van der Waals surface area contributed by atoms with Gasteiger partial charge in [0, 0.05) is 31.7 Å². The first-order valence-corrected chi connectivity index (χ1v) is 12.2. The Kier molecular flexibility index (Phi) is 6.64. The molecule has 0 unspecified atom stereocenters. The fourth-order valence-corrected chi connectivity index (χ4v) is 5.19. The largest absolute Gasteiger partial charge is 0.497 e. The van der Waals surface area contributed by atoms with Crippen LogP contribution in [-0.2, 0) is 16.6 Å². The highest BCUT2D eigenvalue weighted by Gasteiger charge is 2.29. The number of sulfonamides is 1. The summed E-state index contributed by atoms with van der Waals surface area (Å²) in [5, 5.41) is 0. The number of ether oxygens (including phenoxy) is 1. The van der Waals surface area contributed by atoms with Gasteiger partial charge < -0.3 is 9.15 Å². The molecule has 2 aromatic carbocycles. The van der Waals surface area contributed by atoms with Gasteiger partial charge in [0.25, 0.3) is 0 Å². The minimum atomic E-state index is -3.48. The van der Waals surface area contributed by atoms with Crippen LogP contribution in [-0.4, -0.2) is 55.9 Å². The van der Waals surface area contributed by atoms with Gasteiger partial charge in [0.2, 0.25) is 15.9 Å². The summed E-state index contributed by atoms with van der Waals surface area (Å²) in [4.78, 5) is 6.91. The first kappa shape index (κ1) is 22.5. The Morgan fingerprint density at radius 3 is 2.25 bits per heavy atom. The van der Waals surface area contributed by atoms with Crippen LogP contribution in [0.5, 0.6) is 5.75 Å². The maximum absolute atomic E-state index is 13.0. The molecule has 0 radical (unpaired) electrons. The number of rotatable bonds is 7. The third kappa shape index (κ3) is 4.87. The number of aromatic nitrogens is 1. The van der Waals surface area contributed by atoms with Crippen molar-refractivity contribution in [2.45, 2.75) is 31.2 Å². The molecule has 1 aliphatic rings. The van der Waals surface area contributed by atoms with E-state index in [2.05, 4.69) is 23.7 Å². The summed E-state index contributed by atoms with van der Waals surface area (Å²) in [5.41, 5.74) is 2.07. The SMILES string of the molecule is COc1ccc(-c2cnc(CN3CCN(S(=O)(=O)c4ccc(C(C)C)cc4)CC3)o2)cc1. The van der Waals surface area contributed by atoms with Gasteiger partial charge in [-0.25, -0.2) is 13.4 Å². The minimum Gasteiger partial charge on any atom is -0.497 e. The minimum absolute atomic E-state index is 0.354. The summed E-state index contributed by atoms with van der Waals surface area (Å²) in [6.07, 6.45) is 1.72. The van der Waals surface area contributed by atoms with Gasteiger partial charge in [0.1, 0.15) is 5.75 Å². The molecule has 0 saturated carbocycles. The van der Waals surface area contributed by atoms with Crippen LogP contribution in [0.2, 0.25) is 0 Å². The summed E-state index contributed by atoms with van der Waals surface area (Å²) in [6.45, 7) is 6.88. The molecule has 8 heteroatoms. The van der Waals surface area contributed by atoms with Crippen LogP contribution in [0.1, 0.15) is 31.2 Å². The van der Waals surface area contributed by atoms with Crippen LogP contribution in [0.25, 0.3) is 11.3 Å². The Balaban J connectivity index is 1.35. The molecule has 0 N–H and O–H groups in total. The molecule has 0 spiro atoms. The van der Waals surface area contributed by atoms with E-state index < -0.39 is 10.0 Å². The number of piperazine rings is 1. The number of hydrogen-bond acceptors (Lipinski definition) is 6. The highest BCUT2D eigenvalue weighted by molar-refractivity contribution is 7.89. The maximum Gasteiger partial charge on any atom is 0.243 e. The lowest BCUT2D eigenvalue weighted by Crippen LogP contribution is -2.48. The van der Waals surface area contributed by atoms with Crippen molar-refractivity contribution in [1.29, 1.82) is 0 Å². The van der Waals surface area contributed by atoms with E-state index >= 15 is 0 Å². The topological polar surface area (TPSA) is 75.9 Å². The number of benzene rings is 2. The van der Waals surface area contributed by atoms with Gasteiger partial charge >= 0.3 is 0 Å². The average Bonchev–Trinajstić information content (AvgIpc) is 3.28. The van der Waals surface area contributed by atoms with Gasteiger partial charge in [-0.2, -0.15) is 4.31 Å². The van der Waals surface area contributed by atoms with Crippen LogP contribution >= 0.6 is 0 Å². The molecule has 7 nitrogen and oxygen atoms in total. The number of methoxy groups -OCH3 is 1. The molecule has 0 aliphatic carbocycles. The van der Waals surface area contributed by atoms with Crippen LogP contribution in [0.4, 0.5) is 0 Å². The summed E-state index contributed by atoms with van der Waals surface area (Å²) < 4.78 is 38.7. The standard InChI is InChI=1S/C24H29N3O4S/c1-18(2)19-6-10-22(11-7-19)32(28,29)27-14-12-26(13-15-27)17-24-25-16-23(31-24)20-4-8-21(30-3)9-5-20/h4-11,16,18H,12-15,17H2,1-3H3. The molecular weight excluding hydrogens is 426 g/mol. The zero-order valence-electron chi connectivity index (χ0n) is 18.7. The molecule has 1 saturated heterocycles. The molecule has 1 aromatic heterocycles. The highest BCUT2D eigenvalue weighted by atomic mass is 32.2. The molecule has 1 aliphatic heterocycles. The predicted octanol–water partition coefficient (Wildman–Crippen LogP) is 3.98. The average molecular weight is 456 g/mol. The van der Waals surface area contributed by atoms with E-state index in [0.29, 0.717) is 55.2 Å². The molecular formula is C24H29N3O4S. The lowest BCUT2D eigenvalue weighted by atomic mass is 10.0. The van der Waals surface area contributed by atoms with Crippen molar-refractivity contribution in [2.75, 3.05) is 33.3 Å². The van der Waals surface area contributed by atoms with E-state index in [1.54, 1.807) is 29.7 Å². The normalized spacial score (nSPS) is 15.9. The number of hydrogen-bond donors (Lipinski definition) is 0. The van der Waals surface area contributed by atoms with Gasteiger partial charge in [-0.3, -0.25) is 4.90 Å². The second-order valence-corrected chi connectivity index (χ2v) is 10.2. The lowest BCUT2D eigenvalue weighted by Gasteiger charge is -2.33. The first-order chi connectivity index (χ1) is 15.4. The van der Waals surface area contributed by atoms with Gasteiger partial charge in [0.05, 0.1) is 24.7 Å². The Morgan fingerprint density at radius 1 is 1.00 bits per heavy atom.